The van der Waals surface area contributed by atoms with E-state index in [0.29, 0.717) is 5.56 Å². The van der Waals surface area contributed by atoms with E-state index in [9.17, 15) is 4.79 Å². The molecule has 29 heavy (non-hydrogen) atoms. The first kappa shape index (κ1) is 17.4. The van der Waals surface area contributed by atoms with Crippen LogP contribution in [-0.2, 0) is 13.0 Å². The zero-order valence-corrected chi connectivity index (χ0v) is 16.0. The molecule has 0 radical (unpaired) electrons. The van der Waals surface area contributed by atoms with Crippen LogP contribution in [0.2, 0.25) is 0 Å². The number of benzene rings is 3. The van der Waals surface area contributed by atoms with Crippen LogP contribution < -0.4 is 10.2 Å². The van der Waals surface area contributed by atoms with Gasteiger partial charge in [-0.25, -0.2) is 4.98 Å². The Morgan fingerprint density at radius 1 is 0.862 bits per heavy atom. The zero-order chi connectivity index (χ0) is 19.6. The Morgan fingerprint density at radius 2 is 1.59 bits per heavy atom. The van der Waals surface area contributed by atoms with E-state index in [-0.39, 0.29) is 5.91 Å². The first-order valence-corrected chi connectivity index (χ1v) is 9.86. The molecule has 0 saturated heterocycles. The van der Waals surface area contributed by atoms with Gasteiger partial charge in [0.05, 0.1) is 11.1 Å². The van der Waals surface area contributed by atoms with Crippen LogP contribution in [0.5, 0.6) is 0 Å². The van der Waals surface area contributed by atoms with Crippen molar-refractivity contribution in [3.63, 3.8) is 0 Å². The number of anilines is 2. The van der Waals surface area contributed by atoms with Gasteiger partial charge in [-0.1, -0.05) is 60.7 Å². The summed E-state index contributed by atoms with van der Waals surface area (Å²) < 4.78 is 0. The molecule has 0 bridgehead atoms. The first-order chi connectivity index (χ1) is 14.3. The van der Waals surface area contributed by atoms with Gasteiger partial charge >= 0.3 is 0 Å². The van der Waals surface area contributed by atoms with Crippen molar-refractivity contribution in [2.75, 3.05) is 16.8 Å². The largest absolute Gasteiger partial charge is 0.352 e. The molecule has 4 nitrogen and oxygen atoms in total. The van der Waals surface area contributed by atoms with Crippen molar-refractivity contribution in [2.45, 2.75) is 13.0 Å². The minimum Gasteiger partial charge on any atom is -0.352 e. The lowest BCUT2D eigenvalue weighted by Gasteiger charge is -2.30. The van der Waals surface area contributed by atoms with Gasteiger partial charge in [-0.05, 0) is 41.8 Å². The van der Waals surface area contributed by atoms with Gasteiger partial charge in [-0.2, -0.15) is 0 Å². The standard InChI is InChI=1S/C25H21N3O/c29-25(26-20-10-2-1-3-11-20)22-16-24(27-23-13-7-6-12-21(22)23)28-15-14-18-8-4-5-9-19(18)17-28/h1-13,16H,14-15,17H2,(H,26,29). The predicted molar refractivity (Wildman–Crippen MR) is 117 cm³/mol. The normalized spacial score (nSPS) is 13.2. The third kappa shape index (κ3) is 3.45. The molecule has 2 heterocycles. The van der Waals surface area contributed by atoms with Gasteiger partial charge in [-0.15, -0.1) is 0 Å². The Balaban J connectivity index is 1.53. The molecule has 4 heteroatoms. The number of pyridine rings is 1. The van der Waals surface area contributed by atoms with E-state index in [1.165, 1.54) is 11.1 Å². The number of para-hydroxylation sites is 2. The Kier molecular flexibility index (Phi) is 4.45. The number of fused-ring (bicyclic) bond motifs is 2. The molecule has 0 aliphatic carbocycles. The van der Waals surface area contributed by atoms with Crippen LogP contribution in [0.25, 0.3) is 10.9 Å². The summed E-state index contributed by atoms with van der Waals surface area (Å²) >= 11 is 0. The highest BCUT2D eigenvalue weighted by atomic mass is 16.1. The Labute approximate surface area is 169 Å². The van der Waals surface area contributed by atoms with E-state index >= 15 is 0 Å². The monoisotopic (exact) mass is 379 g/mol. The quantitative estimate of drug-likeness (QED) is 0.542. The summed E-state index contributed by atoms with van der Waals surface area (Å²) in [7, 11) is 0. The lowest BCUT2D eigenvalue weighted by atomic mass is 9.99. The SMILES string of the molecule is O=C(Nc1ccccc1)c1cc(N2CCc3ccccc3C2)nc2ccccc12. The third-order valence-corrected chi connectivity index (χ3v) is 5.43. The lowest BCUT2D eigenvalue weighted by Crippen LogP contribution is -2.31. The molecule has 0 spiro atoms. The van der Waals surface area contributed by atoms with Crippen molar-refractivity contribution in [3.05, 3.63) is 102 Å². The van der Waals surface area contributed by atoms with Crippen molar-refractivity contribution < 1.29 is 4.79 Å². The van der Waals surface area contributed by atoms with E-state index in [2.05, 4.69) is 34.5 Å². The molecule has 0 saturated carbocycles. The second kappa shape index (κ2) is 7.40. The summed E-state index contributed by atoms with van der Waals surface area (Å²) in [4.78, 5) is 20.2. The second-order valence-corrected chi connectivity index (χ2v) is 7.31. The summed E-state index contributed by atoms with van der Waals surface area (Å²) in [5.41, 5.74) is 4.98. The summed E-state index contributed by atoms with van der Waals surface area (Å²) in [6.07, 6.45) is 0.982. The van der Waals surface area contributed by atoms with Crippen LogP contribution in [0.15, 0.2) is 84.9 Å². The molecule has 3 aromatic carbocycles. The van der Waals surface area contributed by atoms with Crippen LogP contribution in [-0.4, -0.2) is 17.4 Å². The topological polar surface area (TPSA) is 45.2 Å². The van der Waals surface area contributed by atoms with Crippen molar-refractivity contribution in [3.8, 4) is 0 Å². The van der Waals surface area contributed by atoms with Crippen LogP contribution in [0, 0.1) is 0 Å². The zero-order valence-electron chi connectivity index (χ0n) is 16.0. The molecule has 4 aromatic rings. The summed E-state index contributed by atoms with van der Waals surface area (Å²) in [5, 5.41) is 3.87. The molecule has 0 fully saturated rings. The number of hydrogen-bond acceptors (Lipinski definition) is 3. The number of rotatable bonds is 3. The summed E-state index contributed by atoms with van der Waals surface area (Å²) in [6.45, 7) is 1.70. The maximum Gasteiger partial charge on any atom is 0.256 e. The van der Waals surface area contributed by atoms with Crippen molar-refractivity contribution in [1.29, 1.82) is 0 Å². The first-order valence-electron chi connectivity index (χ1n) is 9.86. The molecule has 1 N–H and O–H groups in total. The van der Waals surface area contributed by atoms with Crippen molar-refractivity contribution >= 4 is 28.3 Å². The van der Waals surface area contributed by atoms with Crippen LogP contribution >= 0.6 is 0 Å². The summed E-state index contributed by atoms with van der Waals surface area (Å²) in [6, 6.07) is 27.8. The van der Waals surface area contributed by atoms with Gasteiger partial charge in [0.25, 0.3) is 5.91 Å². The van der Waals surface area contributed by atoms with Gasteiger partial charge in [0, 0.05) is 24.2 Å². The van der Waals surface area contributed by atoms with Gasteiger partial charge in [0.2, 0.25) is 0 Å². The molecule has 142 valence electrons. The van der Waals surface area contributed by atoms with Gasteiger partial charge in [0.1, 0.15) is 5.82 Å². The molecule has 0 unspecified atom stereocenters. The Bertz CT molecular complexity index is 1190. The third-order valence-electron chi connectivity index (χ3n) is 5.43. The lowest BCUT2D eigenvalue weighted by molar-refractivity contribution is 0.102. The highest BCUT2D eigenvalue weighted by molar-refractivity contribution is 6.13. The number of hydrogen-bond donors (Lipinski definition) is 1. The summed E-state index contributed by atoms with van der Waals surface area (Å²) in [5.74, 6) is 0.727. The van der Waals surface area contributed by atoms with E-state index in [1.54, 1.807) is 0 Å². The fourth-order valence-electron chi connectivity index (χ4n) is 3.92. The van der Waals surface area contributed by atoms with Crippen molar-refractivity contribution in [1.82, 2.24) is 4.98 Å². The Morgan fingerprint density at radius 3 is 2.45 bits per heavy atom. The van der Waals surface area contributed by atoms with Gasteiger partial charge in [-0.3, -0.25) is 4.79 Å². The number of carbonyl (C=O) groups excluding carboxylic acids is 1. The molecule has 5 rings (SSSR count). The van der Waals surface area contributed by atoms with Gasteiger partial charge < -0.3 is 10.2 Å². The fourth-order valence-corrected chi connectivity index (χ4v) is 3.92. The smallest absolute Gasteiger partial charge is 0.256 e. The minimum absolute atomic E-state index is 0.117. The second-order valence-electron chi connectivity index (χ2n) is 7.31. The highest BCUT2D eigenvalue weighted by Crippen LogP contribution is 2.28. The predicted octanol–water partition coefficient (Wildman–Crippen LogP) is 5.05. The maximum absolute atomic E-state index is 13.1. The molecular weight excluding hydrogens is 358 g/mol. The molecule has 0 atom stereocenters. The molecule has 1 aliphatic heterocycles. The van der Waals surface area contributed by atoms with Crippen LogP contribution in [0.3, 0.4) is 0 Å². The average Bonchev–Trinajstić information content (AvgIpc) is 2.78. The van der Waals surface area contributed by atoms with E-state index in [1.807, 2.05) is 60.7 Å². The van der Waals surface area contributed by atoms with Crippen molar-refractivity contribution in [2.24, 2.45) is 0 Å². The minimum atomic E-state index is -0.117. The number of nitrogens with zero attached hydrogens (tertiary/aromatic N) is 2. The number of nitrogens with one attached hydrogen (secondary N) is 1. The highest BCUT2D eigenvalue weighted by Gasteiger charge is 2.20. The van der Waals surface area contributed by atoms with Gasteiger partial charge in [0.15, 0.2) is 0 Å². The number of amides is 1. The van der Waals surface area contributed by atoms with E-state index in [0.717, 1.165) is 41.9 Å². The molecule has 1 amide bonds. The molecular formula is C25H21N3O. The maximum atomic E-state index is 13.1. The number of aromatic nitrogens is 1. The molecule has 1 aliphatic rings. The Hall–Kier alpha value is -3.66. The van der Waals surface area contributed by atoms with E-state index in [4.69, 9.17) is 4.98 Å². The van der Waals surface area contributed by atoms with Crippen LogP contribution in [0.4, 0.5) is 11.5 Å². The fraction of sp³-hybridized carbons (Fsp3) is 0.120. The molecule has 1 aromatic heterocycles. The average molecular weight is 379 g/mol. The van der Waals surface area contributed by atoms with E-state index < -0.39 is 0 Å². The number of carbonyl (C=O) groups is 1. The van der Waals surface area contributed by atoms with Crippen LogP contribution in [0.1, 0.15) is 21.5 Å².